The van der Waals surface area contributed by atoms with Crippen molar-refractivity contribution in [2.24, 2.45) is 5.84 Å². The first-order chi connectivity index (χ1) is 17.6. The van der Waals surface area contributed by atoms with Crippen molar-refractivity contribution in [3.63, 3.8) is 0 Å². The van der Waals surface area contributed by atoms with E-state index < -0.39 is 23.6 Å². The molecule has 11 heteroatoms. The van der Waals surface area contributed by atoms with Crippen molar-refractivity contribution in [2.75, 3.05) is 9.91 Å². The van der Waals surface area contributed by atoms with Crippen molar-refractivity contribution in [2.45, 2.75) is 6.18 Å². The second-order valence-electron chi connectivity index (χ2n) is 7.62. The van der Waals surface area contributed by atoms with E-state index in [-0.39, 0.29) is 17.1 Å². The maximum atomic E-state index is 14.3. The summed E-state index contributed by atoms with van der Waals surface area (Å²) in [4.78, 5) is 13.9. The predicted molar refractivity (Wildman–Crippen MR) is 131 cm³/mol. The third-order valence-electron chi connectivity index (χ3n) is 5.08. The molecule has 0 fully saturated rings. The molecule has 0 atom stereocenters. The van der Waals surface area contributed by atoms with Crippen LogP contribution in [0.5, 0.6) is 0 Å². The van der Waals surface area contributed by atoms with Crippen molar-refractivity contribution in [3.8, 4) is 11.3 Å². The lowest BCUT2D eigenvalue weighted by Gasteiger charge is -2.25. The van der Waals surface area contributed by atoms with Crippen molar-refractivity contribution in [1.82, 2.24) is 15.0 Å². The molecule has 0 unspecified atom stereocenters. The van der Waals surface area contributed by atoms with Gasteiger partial charge in [-0.05, 0) is 54.6 Å². The Bertz CT molecular complexity index is 1440. The van der Waals surface area contributed by atoms with Crippen molar-refractivity contribution >= 4 is 23.1 Å². The molecule has 4 rings (SSSR count). The lowest BCUT2D eigenvalue weighted by atomic mass is 10.2. The van der Waals surface area contributed by atoms with E-state index in [2.05, 4.69) is 21.5 Å². The summed E-state index contributed by atoms with van der Waals surface area (Å²) in [6, 6.07) is 20.9. The van der Waals surface area contributed by atoms with Crippen LogP contribution in [0, 0.1) is 11.9 Å². The fraction of sp³-hybridized carbons (Fsp3) is 0.0385. The van der Waals surface area contributed by atoms with Crippen LogP contribution in [-0.2, 0) is 0 Å². The summed E-state index contributed by atoms with van der Waals surface area (Å²) in [5, 5.41) is 0.924. The quantitative estimate of drug-likeness (QED) is 0.0994. The van der Waals surface area contributed by atoms with Crippen molar-refractivity contribution < 1.29 is 22.0 Å². The average molecular weight is 510 g/mol. The maximum absolute atomic E-state index is 14.3. The van der Waals surface area contributed by atoms with Gasteiger partial charge in [0.25, 0.3) is 0 Å². The number of halogens is 5. The van der Waals surface area contributed by atoms with Crippen LogP contribution in [0.2, 0.25) is 0 Å². The van der Waals surface area contributed by atoms with Gasteiger partial charge in [0.15, 0.2) is 0 Å². The van der Waals surface area contributed by atoms with E-state index in [0.29, 0.717) is 17.3 Å². The zero-order chi connectivity index (χ0) is 26.6. The van der Waals surface area contributed by atoms with Gasteiger partial charge < -0.3 is 0 Å². The number of aromatic nitrogens is 3. The van der Waals surface area contributed by atoms with Crippen LogP contribution in [0.15, 0.2) is 103 Å². The molecule has 2 N–H and O–H groups in total. The number of anilines is 4. The third-order valence-corrected chi connectivity index (χ3v) is 5.08. The Balaban J connectivity index is 1.75. The molecule has 37 heavy (non-hydrogen) atoms. The second kappa shape index (κ2) is 10.5. The second-order valence-corrected chi connectivity index (χ2v) is 7.62. The summed E-state index contributed by atoms with van der Waals surface area (Å²) >= 11 is 0. The van der Waals surface area contributed by atoms with E-state index in [0.717, 1.165) is 23.4 Å². The van der Waals surface area contributed by atoms with Gasteiger partial charge in [-0.1, -0.05) is 36.9 Å². The fourth-order valence-corrected chi connectivity index (χ4v) is 3.28. The fourth-order valence-electron chi connectivity index (χ4n) is 3.28. The van der Waals surface area contributed by atoms with Gasteiger partial charge >= 0.3 is 6.18 Å². The summed E-state index contributed by atoms with van der Waals surface area (Å²) in [6.45, 7) is 2.98. The minimum atomic E-state index is -4.59. The maximum Gasteiger partial charge on any atom is 0.415 e. The first-order valence-corrected chi connectivity index (χ1v) is 10.7. The Morgan fingerprint density at radius 1 is 0.784 bits per heavy atom. The van der Waals surface area contributed by atoms with Gasteiger partial charge in [0, 0.05) is 17.5 Å². The monoisotopic (exact) mass is 510 g/mol. The Morgan fingerprint density at radius 3 is 2.11 bits per heavy atom. The normalized spacial score (nSPS) is 11.5. The zero-order valence-electron chi connectivity index (χ0n) is 19.1. The summed E-state index contributed by atoms with van der Waals surface area (Å²) in [5.41, 5.74) is -0.234. The predicted octanol–water partition coefficient (Wildman–Crippen LogP) is 6.60. The lowest BCUT2D eigenvalue weighted by molar-refractivity contribution is -0.0878. The van der Waals surface area contributed by atoms with Crippen LogP contribution in [0.3, 0.4) is 0 Å². The van der Waals surface area contributed by atoms with Gasteiger partial charge in [0.2, 0.25) is 11.9 Å². The standard InChI is InChI=1S/C26H19F5N6/c1-17(26(29,30)31)15-16-36(32)22-10-6-12-24(35-22)37(18-7-3-2-4-8-18)23-11-5-9-20(33-23)19-13-14-21(27)34-25(19)28/h2-16H,1,32H2/b16-15-. The highest BCUT2D eigenvalue weighted by Crippen LogP contribution is 2.34. The number of nitrogens with two attached hydrogens (primary N) is 1. The largest absolute Gasteiger partial charge is 0.415 e. The molecule has 188 valence electrons. The molecule has 0 aliphatic rings. The van der Waals surface area contributed by atoms with Crippen LogP contribution in [-0.4, -0.2) is 21.1 Å². The molecule has 0 saturated heterocycles. The molecule has 0 aliphatic heterocycles. The molecule has 1 aromatic carbocycles. The average Bonchev–Trinajstić information content (AvgIpc) is 2.87. The van der Waals surface area contributed by atoms with E-state index in [1.54, 1.807) is 59.5 Å². The number of hydrogen-bond donors (Lipinski definition) is 1. The summed E-state index contributed by atoms with van der Waals surface area (Å²) < 4.78 is 65.9. The van der Waals surface area contributed by atoms with E-state index >= 15 is 0 Å². The number of hydrazine groups is 1. The van der Waals surface area contributed by atoms with Gasteiger partial charge in [0.05, 0.1) is 11.3 Å². The highest BCUT2D eigenvalue weighted by molar-refractivity contribution is 5.74. The molecular formula is C26H19F5N6. The van der Waals surface area contributed by atoms with Crippen LogP contribution >= 0.6 is 0 Å². The lowest BCUT2D eigenvalue weighted by Crippen LogP contribution is -2.26. The van der Waals surface area contributed by atoms with Crippen LogP contribution in [0.4, 0.5) is 45.1 Å². The van der Waals surface area contributed by atoms with Gasteiger partial charge in [-0.3, -0.25) is 9.91 Å². The first kappa shape index (κ1) is 25.5. The Hall–Kier alpha value is -4.64. The van der Waals surface area contributed by atoms with E-state index in [9.17, 15) is 22.0 Å². The number of pyridine rings is 3. The molecule has 0 radical (unpaired) electrons. The molecular weight excluding hydrogens is 491 g/mol. The molecule has 3 heterocycles. The van der Waals surface area contributed by atoms with E-state index in [1.165, 1.54) is 12.1 Å². The molecule has 0 saturated carbocycles. The first-order valence-electron chi connectivity index (χ1n) is 10.7. The van der Waals surface area contributed by atoms with Crippen LogP contribution in [0.25, 0.3) is 11.3 Å². The smallest absolute Gasteiger partial charge is 0.279 e. The van der Waals surface area contributed by atoms with Crippen molar-refractivity contribution in [1.29, 1.82) is 0 Å². The van der Waals surface area contributed by atoms with Gasteiger partial charge in [-0.2, -0.15) is 26.9 Å². The highest BCUT2D eigenvalue weighted by Gasteiger charge is 2.30. The molecule has 4 aromatic rings. The number of rotatable bonds is 7. The van der Waals surface area contributed by atoms with Crippen LogP contribution < -0.4 is 15.8 Å². The number of allylic oxidation sites excluding steroid dienone is 2. The summed E-state index contributed by atoms with van der Waals surface area (Å²) in [5.74, 6) is 4.75. The SMILES string of the molecule is C=C(/C=C\N(N)c1cccc(N(c2ccccc2)c2cccc(-c3ccc(F)nc3F)n2)n1)C(F)(F)F. The van der Waals surface area contributed by atoms with Crippen molar-refractivity contribution in [3.05, 3.63) is 115 Å². The van der Waals surface area contributed by atoms with Crippen LogP contribution in [0.1, 0.15) is 0 Å². The topological polar surface area (TPSA) is 71.2 Å². The van der Waals surface area contributed by atoms with Gasteiger partial charge in [0.1, 0.15) is 17.5 Å². The molecule has 0 aliphatic carbocycles. The molecule has 6 nitrogen and oxygen atoms in total. The molecule has 3 aromatic heterocycles. The molecule has 0 bridgehead atoms. The minimum Gasteiger partial charge on any atom is -0.279 e. The van der Waals surface area contributed by atoms with E-state index in [1.807, 2.05) is 6.07 Å². The Labute approximate surface area is 208 Å². The number of nitrogens with zero attached hydrogens (tertiary/aromatic N) is 5. The number of hydrogen-bond acceptors (Lipinski definition) is 6. The summed E-state index contributed by atoms with van der Waals surface area (Å²) in [6.07, 6.45) is -2.86. The Kier molecular flexibility index (Phi) is 7.25. The number of benzene rings is 1. The summed E-state index contributed by atoms with van der Waals surface area (Å²) in [7, 11) is 0. The number of alkyl halides is 3. The minimum absolute atomic E-state index is 0.00105. The molecule has 0 spiro atoms. The number of para-hydroxylation sites is 1. The highest BCUT2D eigenvalue weighted by atomic mass is 19.4. The molecule has 0 amide bonds. The van der Waals surface area contributed by atoms with Gasteiger partial charge in [-0.15, -0.1) is 0 Å². The third kappa shape index (κ3) is 5.96. The van der Waals surface area contributed by atoms with E-state index in [4.69, 9.17) is 5.84 Å². The van der Waals surface area contributed by atoms with Gasteiger partial charge in [-0.25, -0.2) is 15.8 Å². The zero-order valence-corrected chi connectivity index (χ0v) is 19.1. The Morgan fingerprint density at radius 2 is 1.43 bits per heavy atom.